The number of hydrogen-bond acceptors (Lipinski definition) is 6. The van der Waals surface area contributed by atoms with E-state index in [9.17, 15) is 14.4 Å². The highest BCUT2D eigenvalue weighted by molar-refractivity contribution is 6.17. The number of imide groups is 1. The standard InChI is InChI=1S/C20H25NO6/c1-25-15-8-7-13(12-16(15)26-2)9-11-21-17(22)14-6-4-5-10-20(14,18(21)23)19(24)27-3/h7-8,12,14H,4-6,9-11H2,1-3H3/t14-,20+/m1/s1. The summed E-state index contributed by atoms with van der Waals surface area (Å²) in [5.41, 5.74) is -0.419. The van der Waals surface area contributed by atoms with E-state index in [1.165, 1.54) is 12.0 Å². The van der Waals surface area contributed by atoms with Crippen LogP contribution in [0.3, 0.4) is 0 Å². The van der Waals surface area contributed by atoms with Crippen LogP contribution in [0.1, 0.15) is 31.2 Å². The molecule has 146 valence electrons. The van der Waals surface area contributed by atoms with Crippen molar-refractivity contribution in [3.05, 3.63) is 23.8 Å². The van der Waals surface area contributed by atoms with Crippen molar-refractivity contribution in [2.45, 2.75) is 32.1 Å². The average molecular weight is 375 g/mol. The highest BCUT2D eigenvalue weighted by atomic mass is 16.5. The molecule has 1 aromatic rings. The van der Waals surface area contributed by atoms with E-state index in [4.69, 9.17) is 14.2 Å². The molecule has 0 unspecified atom stereocenters. The molecule has 27 heavy (non-hydrogen) atoms. The predicted molar refractivity (Wildman–Crippen MR) is 96.4 cm³/mol. The number of esters is 1. The minimum atomic E-state index is -1.33. The Kier molecular flexibility index (Phi) is 5.39. The molecule has 2 atom stereocenters. The normalized spacial score (nSPS) is 24.6. The molecular weight excluding hydrogens is 350 g/mol. The van der Waals surface area contributed by atoms with Crippen LogP contribution in [-0.4, -0.2) is 50.6 Å². The first-order chi connectivity index (χ1) is 13.0. The van der Waals surface area contributed by atoms with Crippen molar-refractivity contribution < 1.29 is 28.6 Å². The summed E-state index contributed by atoms with van der Waals surface area (Å²) < 4.78 is 15.4. The third kappa shape index (κ3) is 3.05. The molecule has 1 saturated carbocycles. The van der Waals surface area contributed by atoms with Crippen molar-refractivity contribution in [3.63, 3.8) is 0 Å². The quantitative estimate of drug-likeness (QED) is 0.429. The molecule has 1 aliphatic carbocycles. The molecule has 0 radical (unpaired) electrons. The molecule has 1 aliphatic heterocycles. The molecule has 1 saturated heterocycles. The molecule has 0 aromatic heterocycles. The van der Waals surface area contributed by atoms with Crippen molar-refractivity contribution in [1.29, 1.82) is 0 Å². The minimum absolute atomic E-state index is 0.225. The molecule has 3 rings (SSSR count). The maximum Gasteiger partial charge on any atom is 0.322 e. The Bertz CT molecular complexity index is 761. The van der Waals surface area contributed by atoms with Crippen LogP contribution in [0.4, 0.5) is 0 Å². The molecule has 1 aromatic carbocycles. The van der Waals surface area contributed by atoms with E-state index < -0.39 is 23.2 Å². The number of fused-ring (bicyclic) bond motifs is 1. The molecule has 2 fully saturated rings. The first-order valence-electron chi connectivity index (χ1n) is 9.14. The van der Waals surface area contributed by atoms with Gasteiger partial charge in [0.2, 0.25) is 11.8 Å². The number of carbonyl (C=O) groups excluding carboxylic acids is 3. The predicted octanol–water partition coefficient (Wildman–Crippen LogP) is 1.96. The zero-order valence-corrected chi connectivity index (χ0v) is 15.9. The Morgan fingerprint density at radius 2 is 1.89 bits per heavy atom. The molecular formula is C20H25NO6. The first kappa shape index (κ1) is 19.2. The van der Waals surface area contributed by atoms with E-state index >= 15 is 0 Å². The second-order valence-electron chi connectivity index (χ2n) is 7.00. The minimum Gasteiger partial charge on any atom is -0.493 e. The fourth-order valence-electron chi connectivity index (χ4n) is 4.29. The van der Waals surface area contributed by atoms with Gasteiger partial charge in [-0.25, -0.2) is 0 Å². The van der Waals surface area contributed by atoms with Gasteiger partial charge in [0.05, 0.1) is 27.2 Å². The maximum absolute atomic E-state index is 13.1. The van der Waals surface area contributed by atoms with Gasteiger partial charge in [-0.1, -0.05) is 18.9 Å². The van der Waals surface area contributed by atoms with Gasteiger partial charge in [-0.3, -0.25) is 19.3 Å². The number of amides is 2. The van der Waals surface area contributed by atoms with Crippen molar-refractivity contribution in [3.8, 4) is 11.5 Å². The van der Waals surface area contributed by atoms with E-state index in [2.05, 4.69) is 0 Å². The number of benzene rings is 1. The second-order valence-corrected chi connectivity index (χ2v) is 7.00. The summed E-state index contributed by atoms with van der Waals surface area (Å²) in [6.45, 7) is 0.225. The fourth-order valence-corrected chi connectivity index (χ4v) is 4.29. The van der Waals surface area contributed by atoms with Crippen LogP contribution in [0, 0.1) is 11.3 Å². The van der Waals surface area contributed by atoms with Crippen LogP contribution in [-0.2, 0) is 25.5 Å². The summed E-state index contributed by atoms with van der Waals surface area (Å²) in [5, 5.41) is 0. The fraction of sp³-hybridized carbons (Fsp3) is 0.550. The van der Waals surface area contributed by atoms with Gasteiger partial charge in [0, 0.05) is 6.54 Å². The number of nitrogens with zero attached hydrogens (tertiary/aromatic N) is 1. The molecule has 0 bridgehead atoms. The van der Waals surface area contributed by atoms with Gasteiger partial charge >= 0.3 is 5.97 Å². The Hall–Kier alpha value is -2.57. The van der Waals surface area contributed by atoms with Gasteiger partial charge in [-0.2, -0.15) is 0 Å². The molecule has 2 amide bonds. The lowest BCUT2D eigenvalue weighted by Gasteiger charge is -2.32. The van der Waals surface area contributed by atoms with Gasteiger partial charge < -0.3 is 14.2 Å². The lowest BCUT2D eigenvalue weighted by Crippen LogP contribution is -2.46. The zero-order valence-electron chi connectivity index (χ0n) is 15.9. The first-order valence-corrected chi connectivity index (χ1v) is 9.14. The van der Waals surface area contributed by atoms with Crippen LogP contribution in [0.2, 0.25) is 0 Å². The van der Waals surface area contributed by atoms with Crippen LogP contribution in [0.25, 0.3) is 0 Å². The smallest absolute Gasteiger partial charge is 0.322 e. The summed E-state index contributed by atoms with van der Waals surface area (Å²) in [5.74, 6) is -0.648. The van der Waals surface area contributed by atoms with E-state index in [1.54, 1.807) is 20.3 Å². The van der Waals surface area contributed by atoms with Crippen molar-refractivity contribution in [2.24, 2.45) is 11.3 Å². The number of carbonyl (C=O) groups is 3. The lowest BCUT2D eigenvalue weighted by molar-refractivity contribution is -0.163. The molecule has 0 N–H and O–H groups in total. The lowest BCUT2D eigenvalue weighted by atomic mass is 9.67. The van der Waals surface area contributed by atoms with E-state index in [0.29, 0.717) is 30.8 Å². The van der Waals surface area contributed by atoms with Crippen LogP contribution < -0.4 is 9.47 Å². The molecule has 7 heteroatoms. The van der Waals surface area contributed by atoms with Crippen LogP contribution >= 0.6 is 0 Å². The number of ether oxygens (including phenoxy) is 3. The Labute approximate surface area is 158 Å². The Morgan fingerprint density at radius 3 is 2.56 bits per heavy atom. The van der Waals surface area contributed by atoms with Gasteiger partial charge in [0.25, 0.3) is 0 Å². The van der Waals surface area contributed by atoms with Crippen molar-refractivity contribution in [2.75, 3.05) is 27.9 Å². The van der Waals surface area contributed by atoms with Gasteiger partial charge in [0.1, 0.15) is 0 Å². The summed E-state index contributed by atoms with van der Waals surface area (Å²) in [7, 11) is 4.39. The average Bonchev–Trinajstić information content (AvgIpc) is 2.93. The largest absolute Gasteiger partial charge is 0.493 e. The number of rotatable bonds is 6. The monoisotopic (exact) mass is 375 g/mol. The van der Waals surface area contributed by atoms with E-state index in [0.717, 1.165) is 18.4 Å². The van der Waals surface area contributed by atoms with Crippen LogP contribution in [0.15, 0.2) is 18.2 Å². The third-order valence-corrected chi connectivity index (χ3v) is 5.72. The van der Waals surface area contributed by atoms with E-state index in [-0.39, 0.29) is 12.5 Å². The summed E-state index contributed by atoms with van der Waals surface area (Å²) in [6, 6.07) is 5.49. The number of methoxy groups -OCH3 is 3. The number of hydrogen-bond donors (Lipinski definition) is 0. The summed E-state index contributed by atoms with van der Waals surface area (Å²) in [4.78, 5) is 39.6. The summed E-state index contributed by atoms with van der Waals surface area (Å²) >= 11 is 0. The third-order valence-electron chi connectivity index (χ3n) is 5.72. The molecule has 7 nitrogen and oxygen atoms in total. The maximum atomic E-state index is 13.1. The van der Waals surface area contributed by atoms with Crippen molar-refractivity contribution >= 4 is 17.8 Å². The zero-order chi connectivity index (χ0) is 19.6. The molecule has 0 spiro atoms. The van der Waals surface area contributed by atoms with Crippen molar-refractivity contribution in [1.82, 2.24) is 4.90 Å². The highest BCUT2D eigenvalue weighted by Crippen LogP contribution is 2.49. The van der Waals surface area contributed by atoms with Gasteiger partial charge in [-0.15, -0.1) is 0 Å². The Morgan fingerprint density at radius 1 is 1.15 bits per heavy atom. The molecule has 1 heterocycles. The topological polar surface area (TPSA) is 82.1 Å². The van der Waals surface area contributed by atoms with Gasteiger partial charge in [-0.05, 0) is 37.0 Å². The van der Waals surface area contributed by atoms with Crippen LogP contribution in [0.5, 0.6) is 11.5 Å². The second kappa shape index (κ2) is 7.58. The summed E-state index contributed by atoms with van der Waals surface area (Å²) in [6.07, 6.45) is 2.98. The van der Waals surface area contributed by atoms with E-state index in [1.807, 2.05) is 12.1 Å². The highest BCUT2D eigenvalue weighted by Gasteiger charge is 2.64. The van der Waals surface area contributed by atoms with Gasteiger partial charge in [0.15, 0.2) is 16.9 Å². The SMILES string of the molecule is COC(=O)[C@@]12CCCC[C@@H]1C(=O)N(CCc1ccc(OC)c(OC)c1)C2=O. The Balaban J connectivity index is 1.80. The molecule has 2 aliphatic rings. The number of likely N-dealkylation sites (tertiary alicyclic amines) is 1.